The Kier molecular flexibility index (Phi) is 6.07. The van der Waals surface area contributed by atoms with Crippen molar-refractivity contribution >= 4 is 21.8 Å². The third-order valence-electron chi connectivity index (χ3n) is 2.17. The van der Waals surface area contributed by atoms with Crippen LogP contribution in [-0.4, -0.2) is 32.3 Å². The fourth-order valence-electron chi connectivity index (χ4n) is 1.23. The molecule has 0 saturated heterocycles. The number of carbonyl (C=O) groups is 1. The summed E-state index contributed by atoms with van der Waals surface area (Å²) in [6, 6.07) is 4.31. The van der Waals surface area contributed by atoms with Gasteiger partial charge in [0.25, 0.3) is 5.91 Å². The van der Waals surface area contributed by atoms with Crippen molar-refractivity contribution in [2.24, 2.45) is 0 Å². The average Bonchev–Trinajstić information content (AvgIpc) is 2.34. The molecule has 1 N–H and O–H groups in total. The SMILES string of the molecule is COCCNC(=O)C(C)Oc1cc(Br)ccc1F. The highest BCUT2D eigenvalue weighted by molar-refractivity contribution is 9.10. The van der Waals surface area contributed by atoms with Crippen LogP contribution >= 0.6 is 15.9 Å². The first kappa shape index (κ1) is 14.9. The number of methoxy groups -OCH3 is 1. The summed E-state index contributed by atoms with van der Waals surface area (Å²) in [4.78, 5) is 11.6. The van der Waals surface area contributed by atoms with Crippen molar-refractivity contribution in [3.05, 3.63) is 28.5 Å². The first-order valence-electron chi connectivity index (χ1n) is 5.43. The van der Waals surface area contributed by atoms with Crippen molar-refractivity contribution in [2.75, 3.05) is 20.3 Å². The van der Waals surface area contributed by atoms with E-state index in [1.807, 2.05) is 0 Å². The second kappa shape index (κ2) is 7.33. The van der Waals surface area contributed by atoms with Gasteiger partial charge in [-0.05, 0) is 25.1 Å². The van der Waals surface area contributed by atoms with Gasteiger partial charge in [0.05, 0.1) is 6.61 Å². The van der Waals surface area contributed by atoms with Gasteiger partial charge in [0.15, 0.2) is 17.7 Å². The Balaban J connectivity index is 2.55. The molecule has 1 unspecified atom stereocenters. The predicted molar refractivity (Wildman–Crippen MR) is 69.1 cm³/mol. The van der Waals surface area contributed by atoms with Gasteiger partial charge < -0.3 is 14.8 Å². The molecule has 0 aliphatic rings. The van der Waals surface area contributed by atoms with Gasteiger partial charge in [-0.2, -0.15) is 0 Å². The number of hydrogen-bond acceptors (Lipinski definition) is 3. The van der Waals surface area contributed by atoms with E-state index in [1.165, 1.54) is 12.1 Å². The van der Waals surface area contributed by atoms with Crippen LogP contribution in [0.15, 0.2) is 22.7 Å². The molecule has 0 heterocycles. The Morgan fingerprint density at radius 3 is 2.94 bits per heavy atom. The van der Waals surface area contributed by atoms with Gasteiger partial charge in [-0.3, -0.25) is 4.79 Å². The molecule has 1 rings (SSSR count). The molecule has 1 amide bonds. The van der Waals surface area contributed by atoms with E-state index in [4.69, 9.17) is 9.47 Å². The van der Waals surface area contributed by atoms with Crippen molar-refractivity contribution in [3.63, 3.8) is 0 Å². The highest BCUT2D eigenvalue weighted by Gasteiger charge is 2.16. The van der Waals surface area contributed by atoms with Crippen LogP contribution in [0.2, 0.25) is 0 Å². The van der Waals surface area contributed by atoms with E-state index in [9.17, 15) is 9.18 Å². The number of benzene rings is 1. The van der Waals surface area contributed by atoms with E-state index < -0.39 is 11.9 Å². The maximum atomic E-state index is 13.4. The Labute approximate surface area is 114 Å². The van der Waals surface area contributed by atoms with Crippen LogP contribution in [0.1, 0.15) is 6.92 Å². The Morgan fingerprint density at radius 1 is 1.56 bits per heavy atom. The molecule has 100 valence electrons. The highest BCUT2D eigenvalue weighted by atomic mass is 79.9. The standard InChI is InChI=1S/C12H15BrFNO3/c1-8(12(16)15-5-6-17-2)18-11-7-9(13)3-4-10(11)14/h3-4,7-8H,5-6H2,1-2H3,(H,15,16). The summed E-state index contributed by atoms with van der Waals surface area (Å²) in [5, 5.41) is 2.61. The lowest BCUT2D eigenvalue weighted by atomic mass is 10.3. The number of halogens is 2. The minimum Gasteiger partial charge on any atom is -0.478 e. The van der Waals surface area contributed by atoms with Gasteiger partial charge >= 0.3 is 0 Å². The fourth-order valence-corrected chi connectivity index (χ4v) is 1.57. The zero-order valence-corrected chi connectivity index (χ0v) is 11.8. The quantitative estimate of drug-likeness (QED) is 0.817. The second-order valence-corrected chi connectivity index (χ2v) is 4.53. The summed E-state index contributed by atoms with van der Waals surface area (Å²) in [6.07, 6.45) is -0.773. The van der Waals surface area contributed by atoms with Crippen LogP contribution in [0.4, 0.5) is 4.39 Å². The molecule has 0 aliphatic carbocycles. The number of ether oxygens (including phenoxy) is 2. The Hall–Kier alpha value is -1.14. The lowest BCUT2D eigenvalue weighted by Crippen LogP contribution is -2.38. The molecular weight excluding hydrogens is 305 g/mol. The summed E-state index contributed by atoms with van der Waals surface area (Å²) < 4.78 is 24.2. The molecule has 0 aliphatic heterocycles. The zero-order valence-electron chi connectivity index (χ0n) is 10.2. The molecule has 1 aromatic carbocycles. The average molecular weight is 320 g/mol. The molecule has 0 radical (unpaired) electrons. The lowest BCUT2D eigenvalue weighted by molar-refractivity contribution is -0.127. The molecule has 1 atom stereocenters. The van der Waals surface area contributed by atoms with E-state index in [2.05, 4.69) is 21.2 Å². The van der Waals surface area contributed by atoms with Gasteiger partial charge in [0.2, 0.25) is 0 Å². The molecule has 0 bridgehead atoms. The smallest absolute Gasteiger partial charge is 0.260 e. The number of amides is 1. The molecule has 6 heteroatoms. The van der Waals surface area contributed by atoms with Gasteiger partial charge in [-0.15, -0.1) is 0 Å². The topological polar surface area (TPSA) is 47.6 Å². The summed E-state index contributed by atoms with van der Waals surface area (Å²) in [5.41, 5.74) is 0. The number of hydrogen-bond donors (Lipinski definition) is 1. The minimum absolute atomic E-state index is 0.0405. The molecule has 0 spiro atoms. The van der Waals surface area contributed by atoms with Crippen molar-refractivity contribution < 1.29 is 18.7 Å². The maximum absolute atomic E-state index is 13.4. The van der Waals surface area contributed by atoms with Crippen molar-refractivity contribution in [2.45, 2.75) is 13.0 Å². The molecule has 0 fully saturated rings. The largest absolute Gasteiger partial charge is 0.478 e. The third-order valence-corrected chi connectivity index (χ3v) is 2.66. The zero-order chi connectivity index (χ0) is 13.5. The van der Waals surface area contributed by atoms with Crippen LogP contribution in [0.25, 0.3) is 0 Å². The molecule has 4 nitrogen and oxygen atoms in total. The van der Waals surface area contributed by atoms with Gasteiger partial charge in [0.1, 0.15) is 0 Å². The van der Waals surface area contributed by atoms with Crippen molar-refractivity contribution in [1.29, 1.82) is 0 Å². The van der Waals surface area contributed by atoms with Gasteiger partial charge in [-0.25, -0.2) is 4.39 Å². The summed E-state index contributed by atoms with van der Waals surface area (Å²) >= 11 is 3.21. The first-order chi connectivity index (χ1) is 8.54. The third kappa shape index (κ3) is 4.62. The fraction of sp³-hybridized carbons (Fsp3) is 0.417. The number of rotatable bonds is 6. The molecule has 1 aromatic rings. The Morgan fingerprint density at radius 2 is 2.28 bits per heavy atom. The van der Waals surface area contributed by atoms with E-state index in [-0.39, 0.29) is 11.7 Å². The first-order valence-corrected chi connectivity index (χ1v) is 6.22. The van der Waals surface area contributed by atoms with Gasteiger partial charge in [0, 0.05) is 18.1 Å². The van der Waals surface area contributed by atoms with Crippen LogP contribution < -0.4 is 10.1 Å². The normalized spacial score (nSPS) is 12.0. The van der Waals surface area contributed by atoms with Crippen molar-refractivity contribution in [3.8, 4) is 5.75 Å². The molecular formula is C12H15BrFNO3. The summed E-state index contributed by atoms with van der Waals surface area (Å²) in [6.45, 7) is 2.37. The van der Waals surface area contributed by atoms with E-state index in [0.717, 1.165) is 0 Å². The molecule has 0 aromatic heterocycles. The van der Waals surface area contributed by atoms with E-state index >= 15 is 0 Å². The maximum Gasteiger partial charge on any atom is 0.260 e. The molecule has 18 heavy (non-hydrogen) atoms. The van der Waals surface area contributed by atoms with Crippen LogP contribution in [0.5, 0.6) is 5.75 Å². The van der Waals surface area contributed by atoms with Gasteiger partial charge in [-0.1, -0.05) is 15.9 Å². The Bertz CT molecular complexity index is 414. The number of nitrogens with one attached hydrogen (secondary N) is 1. The van der Waals surface area contributed by atoms with Crippen LogP contribution in [-0.2, 0) is 9.53 Å². The summed E-state index contributed by atoms with van der Waals surface area (Å²) in [5.74, 6) is -0.778. The van der Waals surface area contributed by atoms with Crippen molar-refractivity contribution in [1.82, 2.24) is 5.32 Å². The van der Waals surface area contributed by atoms with Crippen LogP contribution in [0, 0.1) is 5.82 Å². The minimum atomic E-state index is -0.773. The second-order valence-electron chi connectivity index (χ2n) is 3.62. The number of carbonyl (C=O) groups excluding carboxylic acids is 1. The lowest BCUT2D eigenvalue weighted by Gasteiger charge is -2.15. The highest BCUT2D eigenvalue weighted by Crippen LogP contribution is 2.23. The van der Waals surface area contributed by atoms with E-state index in [0.29, 0.717) is 17.6 Å². The summed E-state index contributed by atoms with van der Waals surface area (Å²) in [7, 11) is 1.54. The molecule has 0 saturated carbocycles. The monoisotopic (exact) mass is 319 g/mol. The van der Waals surface area contributed by atoms with Crippen LogP contribution in [0.3, 0.4) is 0 Å². The predicted octanol–water partition coefficient (Wildman–Crippen LogP) is 2.12. The van der Waals surface area contributed by atoms with E-state index in [1.54, 1.807) is 20.1 Å².